The number of carbonyl (C=O) groups is 2. The number of anilines is 1. The van der Waals surface area contributed by atoms with Gasteiger partial charge < -0.3 is 33.6 Å². The molecule has 2 heterocycles. The molecule has 0 bridgehead atoms. The number of carbonyl (C=O) groups excluding carboxylic acids is 2. The third kappa shape index (κ3) is 7.75. The molecule has 2 aromatic rings. The third-order valence-electron chi connectivity index (χ3n) is 7.90. The fraction of sp³-hybridized carbons (Fsp3) is 0.576. The second kappa shape index (κ2) is 13.3. The van der Waals surface area contributed by atoms with Gasteiger partial charge in [0, 0.05) is 51.0 Å². The number of hydrogen-bond donors (Lipinski definition) is 0. The fourth-order valence-corrected chi connectivity index (χ4v) is 5.83. The van der Waals surface area contributed by atoms with Gasteiger partial charge in [0.05, 0.1) is 13.1 Å². The Morgan fingerprint density at radius 2 is 1.74 bits per heavy atom. The van der Waals surface area contributed by atoms with E-state index in [1.165, 1.54) is 11.3 Å². The molecule has 0 radical (unpaired) electrons. The second-order valence-electron chi connectivity index (χ2n) is 12.5. The highest BCUT2D eigenvalue weighted by molar-refractivity contribution is 5.83. The molecule has 3 aliphatic rings. The van der Waals surface area contributed by atoms with E-state index in [1.54, 1.807) is 12.0 Å². The van der Waals surface area contributed by atoms with Gasteiger partial charge in [-0.2, -0.15) is 0 Å². The number of fused-ring (bicyclic) bond motifs is 1. The molecule has 1 aliphatic carbocycles. The first kappa shape index (κ1) is 30.2. The van der Waals surface area contributed by atoms with Gasteiger partial charge in [-0.25, -0.2) is 4.79 Å². The van der Waals surface area contributed by atoms with Crippen LogP contribution in [0.1, 0.15) is 51.5 Å². The van der Waals surface area contributed by atoms with Crippen LogP contribution in [0.25, 0.3) is 0 Å². The summed E-state index contributed by atoms with van der Waals surface area (Å²) >= 11 is 0. The van der Waals surface area contributed by atoms with Crippen molar-refractivity contribution in [2.75, 3.05) is 57.9 Å². The van der Waals surface area contributed by atoms with Crippen LogP contribution in [0.15, 0.2) is 54.6 Å². The molecule has 5 rings (SSSR count). The van der Waals surface area contributed by atoms with Crippen LogP contribution in [0, 0.1) is 0 Å². The van der Waals surface area contributed by atoms with Crippen molar-refractivity contribution in [3.63, 3.8) is 0 Å². The summed E-state index contributed by atoms with van der Waals surface area (Å²) in [5.41, 5.74) is 1.88. The summed E-state index contributed by atoms with van der Waals surface area (Å²) < 4.78 is 23.3. The maximum atomic E-state index is 14.2. The molecule has 9 nitrogen and oxygen atoms in total. The summed E-state index contributed by atoms with van der Waals surface area (Å²) in [5.74, 6) is 0.856. The van der Waals surface area contributed by atoms with Gasteiger partial charge in [-0.3, -0.25) is 4.79 Å². The molecule has 42 heavy (non-hydrogen) atoms. The van der Waals surface area contributed by atoms with Crippen molar-refractivity contribution in [3.8, 4) is 5.75 Å². The van der Waals surface area contributed by atoms with Gasteiger partial charge in [0.1, 0.15) is 24.1 Å². The fourth-order valence-electron chi connectivity index (χ4n) is 5.83. The molecule has 2 amide bonds. The van der Waals surface area contributed by atoms with Crippen LogP contribution in [0.2, 0.25) is 0 Å². The van der Waals surface area contributed by atoms with Gasteiger partial charge in [-0.05, 0) is 63.8 Å². The minimum absolute atomic E-state index is 0.0641. The predicted octanol–water partition coefficient (Wildman–Crippen LogP) is 4.70. The molecular formula is C33H45N3O6. The zero-order chi connectivity index (χ0) is 29.7. The largest absolute Gasteiger partial charge is 0.491 e. The highest BCUT2D eigenvalue weighted by atomic mass is 16.6. The normalized spacial score (nSPS) is 22.0. The van der Waals surface area contributed by atoms with Crippen molar-refractivity contribution < 1.29 is 28.5 Å². The SMILES string of the molecule is COCCCN1CC(CN(C(=O)[C@H]2CN(C(=O)OC(C)(C)C)C[C@@H](COc3ccccc3)O2)C2CC2)c2ccccc21. The lowest BCUT2D eigenvalue weighted by atomic mass is 10.0. The van der Waals surface area contributed by atoms with Crippen molar-refractivity contribution in [2.45, 2.75) is 69.8 Å². The Bertz CT molecular complexity index is 1200. The quantitative estimate of drug-likeness (QED) is 0.357. The number of ether oxygens (including phenoxy) is 4. The second-order valence-corrected chi connectivity index (χ2v) is 12.5. The molecule has 228 valence electrons. The average Bonchev–Trinajstić information content (AvgIpc) is 3.76. The van der Waals surface area contributed by atoms with Gasteiger partial charge in [0.15, 0.2) is 6.10 Å². The molecule has 0 N–H and O–H groups in total. The summed E-state index contributed by atoms with van der Waals surface area (Å²) in [6, 6.07) is 18.2. The van der Waals surface area contributed by atoms with Crippen LogP contribution in [-0.2, 0) is 19.0 Å². The summed E-state index contributed by atoms with van der Waals surface area (Å²) in [6.07, 6.45) is 1.23. The lowest BCUT2D eigenvalue weighted by Gasteiger charge is -2.40. The average molecular weight is 580 g/mol. The van der Waals surface area contributed by atoms with Crippen LogP contribution in [-0.4, -0.2) is 98.7 Å². The van der Waals surface area contributed by atoms with Crippen molar-refractivity contribution in [1.82, 2.24) is 9.80 Å². The highest BCUT2D eigenvalue weighted by Gasteiger charge is 2.43. The number of methoxy groups -OCH3 is 1. The van der Waals surface area contributed by atoms with E-state index in [-0.39, 0.29) is 31.0 Å². The van der Waals surface area contributed by atoms with E-state index in [0.717, 1.165) is 39.0 Å². The first-order chi connectivity index (χ1) is 20.2. The van der Waals surface area contributed by atoms with E-state index < -0.39 is 23.9 Å². The number of para-hydroxylation sites is 2. The topological polar surface area (TPSA) is 80.8 Å². The molecule has 9 heteroatoms. The van der Waals surface area contributed by atoms with E-state index in [2.05, 4.69) is 29.2 Å². The standard InChI is InChI=1S/C33H45N3O6/c1-33(2,3)42-32(38)35-21-27(23-40-26-11-6-5-7-12-26)41-30(22-35)31(37)36(25-15-16-25)20-24-19-34(17-10-18-39-4)29-14-9-8-13-28(24)29/h5-9,11-14,24-25,27,30H,10,15-23H2,1-4H3/t24?,27-,30+/m0/s1. The van der Waals surface area contributed by atoms with Crippen molar-refractivity contribution >= 4 is 17.7 Å². The Hall–Kier alpha value is -3.30. The molecular weight excluding hydrogens is 534 g/mol. The number of morpholine rings is 1. The van der Waals surface area contributed by atoms with Gasteiger partial charge >= 0.3 is 6.09 Å². The van der Waals surface area contributed by atoms with Gasteiger partial charge in [0.25, 0.3) is 5.91 Å². The summed E-state index contributed by atoms with van der Waals surface area (Å²) in [7, 11) is 1.73. The van der Waals surface area contributed by atoms with Crippen LogP contribution >= 0.6 is 0 Å². The van der Waals surface area contributed by atoms with Crippen LogP contribution in [0.4, 0.5) is 10.5 Å². The number of nitrogens with zero attached hydrogens (tertiary/aromatic N) is 3. The predicted molar refractivity (Wildman–Crippen MR) is 161 cm³/mol. The van der Waals surface area contributed by atoms with Crippen molar-refractivity contribution in [2.24, 2.45) is 0 Å². The molecule has 3 atom stereocenters. The molecule has 0 spiro atoms. The van der Waals surface area contributed by atoms with E-state index in [4.69, 9.17) is 18.9 Å². The van der Waals surface area contributed by atoms with Crippen LogP contribution in [0.3, 0.4) is 0 Å². The molecule has 2 aromatic carbocycles. The van der Waals surface area contributed by atoms with Gasteiger partial charge in [0.2, 0.25) is 0 Å². The Balaban J connectivity index is 1.30. The van der Waals surface area contributed by atoms with Gasteiger partial charge in [-0.1, -0.05) is 36.4 Å². The lowest BCUT2D eigenvalue weighted by Crippen LogP contribution is -2.58. The van der Waals surface area contributed by atoms with E-state index in [1.807, 2.05) is 56.0 Å². The number of rotatable bonds is 11. The number of benzene rings is 2. The zero-order valence-electron chi connectivity index (χ0n) is 25.4. The summed E-state index contributed by atoms with van der Waals surface area (Å²) in [5, 5.41) is 0. The Morgan fingerprint density at radius 1 is 1.00 bits per heavy atom. The van der Waals surface area contributed by atoms with Crippen molar-refractivity contribution in [1.29, 1.82) is 0 Å². The minimum Gasteiger partial charge on any atom is -0.491 e. The molecule has 1 saturated carbocycles. The third-order valence-corrected chi connectivity index (χ3v) is 7.90. The maximum absolute atomic E-state index is 14.2. The Kier molecular flexibility index (Phi) is 9.58. The van der Waals surface area contributed by atoms with E-state index >= 15 is 0 Å². The first-order valence-electron chi connectivity index (χ1n) is 15.2. The number of hydrogen-bond acceptors (Lipinski definition) is 7. The van der Waals surface area contributed by atoms with E-state index in [9.17, 15) is 9.59 Å². The smallest absolute Gasteiger partial charge is 0.410 e. The van der Waals surface area contributed by atoms with Gasteiger partial charge in [-0.15, -0.1) is 0 Å². The molecule has 2 aliphatic heterocycles. The molecule has 1 unspecified atom stereocenters. The highest BCUT2D eigenvalue weighted by Crippen LogP contribution is 2.39. The van der Waals surface area contributed by atoms with E-state index in [0.29, 0.717) is 18.8 Å². The van der Waals surface area contributed by atoms with Crippen molar-refractivity contribution in [3.05, 3.63) is 60.2 Å². The lowest BCUT2D eigenvalue weighted by molar-refractivity contribution is -0.159. The maximum Gasteiger partial charge on any atom is 0.410 e. The number of amides is 2. The Morgan fingerprint density at radius 3 is 2.45 bits per heavy atom. The zero-order valence-corrected chi connectivity index (χ0v) is 25.4. The first-order valence-corrected chi connectivity index (χ1v) is 15.2. The van der Waals surface area contributed by atoms with Crippen LogP contribution < -0.4 is 9.64 Å². The monoisotopic (exact) mass is 579 g/mol. The molecule has 1 saturated heterocycles. The minimum atomic E-state index is -0.786. The summed E-state index contributed by atoms with van der Waals surface area (Å²) in [4.78, 5) is 33.4. The van der Waals surface area contributed by atoms with Crippen LogP contribution in [0.5, 0.6) is 5.75 Å². The molecule has 2 fully saturated rings. The summed E-state index contributed by atoms with van der Waals surface area (Å²) in [6.45, 7) is 9.33. The Labute approximate surface area is 249 Å². The molecule has 0 aromatic heterocycles.